The van der Waals surface area contributed by atoms with Crippen LogP contribution in [0.25, 0.3) is 0 Å². The van der Waals surface area contributed by atoms with Crippen LogP contribution in [0.3, 0.4) is 0 Å². The average Bonchev–Trinajstić information content (AvgIpc) is 3.46. The van der Waals surface area contributed by atoms with E-state index in [1.165, 1.54) is 96.3 Å². The smallest absolute Gasteiger partial charge is 0.220 e. The number of amides is 1. The Hall–Kier alpha value is -2.51. The first-order valence-electron chi connectivity index (χ1n) is 31.0. The van der Waals surface area contributed by atoms with Crippen molar-refractivity contribution in [2.45, 2.75) is 298 Å². The molecule has 0 radical (unpaired) electrons. The highest BCUT2D eigenvalue weighted by Gasteiger charge is 2.53. The molecule has 0 aromatic rings. The van der Waals surface area contributed by atoms with E-state index in [4.69, 9.17) is 28.4 Å². The Morgan fingerprint density at radius 1 is 0.444 bits per heavy atom. The van der Waals surface area contributed by atoms with E-state index in [0.29, 0.717) is 12.8 Å². The van der Waals surface area contributed by atoms with E-state index in [1.807, 2.05) is 6.08 Å². The minimum absolute atomic E-state index is 0.225. The molecule has 19 nitrogen and oxygen atoms in total. The van der Waals surface area contributed by atoms with Gasteiger partial charge in [0.1, 0.15) is 73.2 Å². The summed E-state index contributed by atoms with van der Waals surface area (Å²) in [5.74, 6) is -0.297. The van der Waals surface area contributed by atoms with Gasteiger partial charge in [0.25, 0.3) is 0 Å². The zero-order valence-electron chi connectivity index (χ0n) is 49.0. The molecule has 1 amide bonds. The Morgan fingerprint density at radius 3 is 1.31 bits per heavy atom. The van der Waals surface area contributed by atoms with Crippen LogP contribution in [-0.2, 0) is 33.2 Å². The Bertz CT molecular complexity index is 1710. The van der Waals surface area contributed by atoms with Crippen molar-refractivity contribution in [1.29, 1.82) is 0 Å². The number of aliphatic hydroxyl groups excluding tert-OH is 11. The molecule has 0 aromatic heterocycles. The Labute approximate surface area is 484 Å². The molecule has 0 saturated carbocycles. The lowest BCUT2D eigenvalue weighted by Gasteiger charge is -2.48. The SMILES string of the molecule is CCCCCCC/C=C\C/C=C\CCCCCCCCCCCC(=O)NC(COC1OC(CO)C(OC2OC(CO)C(OC3OC(CO)C(O)C(O)C3O)C(O)C2O)C(O)C1O)C(O)/C=C/CC/C=C/CC/C=C/CCCCCCC. The van der Waals surface area contributed by atoms with Crippen LogP contribution < -0.4 is 5.32 Å². The summed E-state index contributed by atoms with van der Waals surface area (Å²) in [7, 11) is 0. The predicted octanol–water partition coefficient (Wildman–Crippen LogP) is 6.04. The number of hydrogen-bond donors (Lipinski definition) is 12. The molecule has 0 aliphatic carbocycles. The van der Waals surface area contributed by atoms with Gasteiger partial charge in [0.15, 0.2) is 18.9 Å². The third-order valence-electron chi connectivity index (χ3n) is 15.3. The van der Waals surface area contributed by atoms with E-state index in [1.54, 1.807) is 6.08 Å². The molecule has 470 valence electrons. The minimum atomic E-state index is -1.98. The fourth-order valence-electron chi connectivity index (χ4n) is 10.1. The van der Waals surface area contributed by atoms with Crippen LogP contribution in [0, 0.1) is 0 Å². The molecule has 3 heterocycles. The van der Waals surface area contributed by atoms with Crippen molar-refractivity contribution >= 4 is 5.91 Å². The number of rotatable bonds is 45. The predicted molar refractivity (Wildman–Crippen MR) is 309 cm³/mol. The van der Waals surface area contributed by atoms with Crippen molar-refractivity contribution < 1.29 is 89.4 Å². The number of hydrogen-bond acceptors (Lipinski definition) is 18. The highest BCUT2D eigenvalue weighted by molar-refractivity contribution is 5.76. The largest absolute Gasteiger partial charge is 0.394 e. The Kier molecular flexibility index (Phi) is 40.3. The van der Waals surface area contributed by atoms with Gasteiger partial charge in [0, 0.05) is 6.42 Å². The van der Waals surface area contributed by atoms with Gasteiger partial charge in [-0.25, -0.2) is 0 Å². The summed E-state index contributed by atoms with van der Waals surface area (Å²) in [6, 6.07) is -1.000. The van der Waals surface area contributed by atoms with Crippen molar-refractivity contribution in [2.24, 2.45) is 0 Å². The molecule has 3 rings (SSSR count). The van der Waals surface area contributed by atoms with Crippen molar-refractivity contribution in [3.8, 4) is 0 Å². The first-order chi connectivity index (χ1) is 39.3. The van der Waals surface area contributed by atoms with Gasteiger partial charge in [-0.3, -0.25) is 4.79 Å². The summed E-state index contributed by atoms with van der Waals surface area (Å²) in [6.45, 7) is 1.65. The molecule has 17 atom stereocenters. The van der Waals surface area contributed by atoms with E-state index in [-0.39, 0.29) is 18.9 Å². The number of aliphatic hydroxyl groups is 11. The van der Waals surface area contributed by atoms with Gasteiger partial charge in [-0.2, -0.15) is 0 Å². The highest BCUT2D eigenvalue weighted by Crippen LogP contribution is 2.33. The zero-order valence-corrected chi connectivity index (χ0v) is 49.0. The molecule has 81 heavy (non-hydrogen) atoms. The normalized spacial score (nSPS) is 30.2. The second kappa shape index (κ2) is 44.9. The first kappa shape index (κ1) is 72.7. The highest BCUT2D eigenvalue weighted by atomic mass is 16.8. The number of ether oxygens (including phenoxy) is 6. The van der Waals surface area contributed by atoms with Gasteiger partial charge in [0.2, 0.25) is 5.91 Å². The monoisotopic (exact) mass is 1160 g/mol. The van der Waals surface area contributed by atoms with Crippen LogP contribution in [0.4, 0.5) is 0 Å². The van der Waals surface area contributed by atoms with Crippen molar-refractivity contribution in [2.75, 3.05) is 26.4 Å². The summed E-state index contributed by atoms with van der Waals surface area (Å²) < 4.78 is 34.2. The average molecular weight is 1160 g/mol. The van der Waals surface area contributed by atoms with Gasteiger partial charge in [-0.1, -0.05) is 171 Å². The van der Waals surface area contributed by atoms with Crippen LogP contribution >= 0.6 is 0 Å². The molecule has 0 aromatic carbocycles. The summed E-state index contributed by atoms with van der Waals surface area (Å²) in [5.41, 5.74) is 0. The second-order valence-electron chi connectivity index (χ2n) is 22.1. The van der Waals surface area contributed by atoms with Gasteiger partial charge in [-0.05, 0) is 77.0 Å². The number of carbonyl (C=O) groups is 1. The van der Waals surface area contributed by atoms with Crippen molar-refractivity contribution in [3.05, 3.63) is 60.8 Å². The Morgan fingerprint density at radius 2 is 0.827 bits per heavy atom. The van der Waals surface area contributed by atoms with Gasteiger partial charge in [-0.15, -0.1) is 0 Å². The summed E-state index contributed by atoms with van der Waals surface area (Å²) in [4.78, 5) is 13.3. The van der Waals surface area contributed by atoms with Crippen LogP contribution in [0.1, 0.15) is 194 Å². The third-order valence-corrected chi connectivity index (χ3v) is 15.3. The molecular formula is C62H109NO18. The van der Waals surface area contributed by atoms with Crippen LogP contribution in [0.2, 0.25) is 0 Å². The number of allylic oxidation sites excluding steroid dienone is 9. The second-order valence-corrected chi connectivity index (χ2v) is 22.1. The van der Waals surface area contributed by atoms with E-state index < -0.39 is 124 Å². The number of carbonyl (C=O) groups excluding carboxylic acids is 1. The summed E-state index contributed by atoms with van der Waals surface area (Å²) >= 11 is 0. The zero-order chi connectivity index (χ0) is 59.0. The van der Waals surface area contributed by atoms with Gasteiger partial charge >= 0.3 is 0 Å². The minimum Gasteiger partial charge on any atom is -0.394 e. The van der Waals surface area contributed by atoms with E-state index in [9.17, 15) is 61.0 Å². The van der Waals surface area contributed by atoms with Crippen LogP contribution in [0.15, 0.2) is 60.8 Å². The molecule has 3 fully saturated rings. The first-order valence-corrected chi connectivity index (χ1v) is 31.0. The lowest BCUT2D eigenvalue weighted by Crippen LogP contribution is -2.66. The fraction of sp³-hybridized carbons (Fsp3) is 0.823. The van der Waals surface area contributed by atoms with Gasteiger partial charge < -0.3 is 89.9 Å². The molecule has 3 aliphatic rings. The maximum Gasteiger partial charge on any atom is 0.220 e. The van der Waals surface area contributed by atoms with E-state index in [2.05, 4.69) is 67.8 Å². The topological polar surface area (TPSA) is 307 Å². The van der Waals surface area contributed by atoms with E-state index in [0.717, 1.165) is 64.2 Å². The lowest BCUT2D eigenvalue weighted by molar-refractivity contribution is -0.379. The Balaban J connectivity index is 1.50. The summed E-state index contributed by atoms with van der Waals surface area (Å²) in [5, 5.41) is 120. The van der Waals surface area contributed by atoms with Crippen LogP contribution in [0.5, 0.6) is 0 Å². The van der Waals surface area contributed by atoms with Gasteiger partial charge in [0.05, 0.1) is 38.6 Å². The maximum atomic E-state index is 13.3. The van der Waals surface area contributed by atoms with E-state index >= 15 is 0 Å². The maximum absolute atomic E-state index is 13.3. The molecule has 0 spiro atoms. The van der Waals surface area contributed by atoms with Crippen LogP contribution in [-0.4, -0.2) is 193 Å². The molecule has 3 saturated heterocycles. The fourth-order valence-corrected chi connectivity index (χ4v) is 10.1. The molecule has 12 N–H and O–H groups in total. The van der Waals surface area contributed by atoms with Crippen molar-refractivity contribution in [3.63, 3.8) is 0 Å². The standard InChI is InChI=1S/C62H109NO18/c1-3-5-7-9-11-13-15-17-19-20-21-22-23-24-26-28-30-32-34-36-38-40-50(68)63-45(46(67)39-37-35-33-31-29-27-25-18-16-14-12-10-8-6-4-2)44-76-60-56(74)53(71)58(48(42-65)78-60)81-62-57(75)54(72)59(49(43-66)79-62)80-61-55(73)52(70)51(69)47(41-64)77-61/h15-18,20-21,29,31,37,39,45-49,51-62,64-67,69-75H,3-14,19,22-28,30,32-36,38,40-44H2,1-2H3,(H,63,68)/b17-15-,18-16+,21-20-,31-29+,39-37+. The molecule has 19 heteroatoms. The van der Waals surface area contributed by atoms with Crippen molar-refractivity contribution in [1.82, 2.24) is 5.32 Å². The number of nitrogens with one attached hydrogen (secondary N) is 1. The summed E-state index contributed by atoms with van der Waals surface area (Å²) in [6.07, 6.45) is 24.8. The molecule has 0 bridgehead atoms. The third kappa shape index (κ3) is 28.5. The molecule has 3 aliphatic heterocycles. The molecular weight excluding hydrogens is 1050 g/mol. The molecule has 17 unspecified atom stereocenters. The number of unbranched alkanes of at least 4 members (excludes halogenated alkanes) is 21. The lowest BCUT2D eigenvalue weighted by atomic mass is 9.96. The quantitative estimate of drug-likeness (QED) is 0.0244.